The molecule has 0 aliphatic heterocycles. The van der Waals surface area contributed by atoms with E-state index in [9.17, 15) is 0 Å². The third kappa shape index (κ3) is 3.83. The summed E-state index contributed by atoms with van der Waals surface area (Å²) >= 11 is 5.98. The summed E-state index contributed by atoms with van der Waals surface area (Å²) in [6.07, 6.45) is 5.88. The zero-order chi connectivity index (χ0) is 11.1. The second-order valence-corrected chi connectivity index (χ2v) is 3.51. The van der Waals surface area contributed by atoms with Crippen molar-refractivity contribution >= 4 is 11.6 Å². The first kappa shape index (κ1) is 11.9. The summed E-state index contributed by atoms with van der Waals surface area (Å²) in [5.74, 6) is 3.27. The zero-order valence-electron chi connectivity index (χ0n) is 8.72. The summed E-state index contributed by atoms with van der Waals surface area (Å²) in [5.41, 5.74) is 1.12. The molecule has 0 unspecified atom stereocenters. The zero-order valence-corrected chi connectivity index (χ0v) is 9.47. The van der Waals surface area contributed by atoms with E-state index >= 15 is 0 Å². The first-order chi connectivity index (χ1) is 7.27. The molecule has 1 aromatic carbocycles. The third-order valence-corrected chi connectivity index (χ3v) is 2.29. The summed E-state index contributed by atoms with van der Waals surface area (Å²) in [7, 11) is 1.60. The van der Waals surface area contributed by atoms with Crippen molar-refractivity contribution in [1.82, 2.24) is 5.32 Å². The summed E-state index contributed by atoms with van der Waals surface area (Å²) in [6, 6.07) is 5.73. The van der Waals surface area contributed by atoms with Crippen molar-refractivity contribution in [3.05, 3.63) is 28.8 Å². The van der Waals surface area contributed by atoms with Crippen LogP contribution in [0.5, 0.6) is 5.75 Å². The highest BCUT2D eigenvalue weighted by molar-refractivity contribution is 6.32. The smallest absolute Gasteiger partial charge is 0.137 e. The Bertz CT molecular complexity index is 357. The van der Waals surface area contributed by atoms with Crippen LogP contribution in [0.2, 0.25) is 5.02 Å². The Labute approximate surface area is 95.6 Å². The van der Waals surface area contributed by atoms with Crippen LogP contribution in [0.15, 0.2) is 18.2 Å². The monoisotopic (exact) mass is 223 g/mol. The van der Waals surface area contributed by atoms with Crippen LogP contribution < -0.4 is 10.1 Å². The number of hydrogen-bond donors (Lipinski definition) is 1. The molecular weight excluding hydrogens is 210 g/mol. The van der Waals surface area contributed by atoms with Crippen LogP contribution in [-0.4, -0.2) is 13.7 Å². The number of ether oxygens (including phenoxy) is 1. The Kier molecular flexibility index (Phi) is 5.03. The summed E-state index contributed by atoms with van der Waals surface area (Å²) in [6.45, 7) is 1.59. The summed E-state index contributed by atoms with van der Waals surface area (Å²) in [5, 5.41) is 3.86. The molecule has 0 heterocycles. The molecular formula is C12H14ClNO. The van der Waals surface area contributed by atoms with Gasteiger partial charge in [0.25, 0.3) is 0 Å². The van der Waals surface area contributed by atoms with E-state index in [0.717, 1.165) is 25.1 Å². The fourth-order valence-electron chi connectivity index (χ4n) is 1.21. The second-order valence-electron chi connectivity index (χ2n) is 3.10. The van der Waals surface area contributed by atoms with E-state index in [-0.39, 0.29) is 0 Å². The molecule has 1 rings (SSSR count). The van der Waals surface area contributed by atoms with E-state index in [1.54, 1.807) is 7.11 Å². The lowest BCUT2D eigenvalue weighted by atomic mass is 10.2. The number of terminal acetylenes is 1. The topological polar surface area (TPSA) is 21.3 Å². The molecule has 0 aliphatic carbocycles. The van der Waals surface area contributed by atoms with Gasteiger partial charge in [-0.1, -0.05) is 17.7 Å². The van der Waals surface area contributed by atoms with Crippen LogP contribution in [0, 0.1) is 12.3 Å². The summed E-state index contributed by atoms with van der Waals surface area (Å²) in [4.78, 5) is 0. The average Bonchev–Trinajstić information content (AvgIpc) is 2.25. The van der Waals surface area contributed by atoms with Crippen LogP contribution in [-0.2, 0) is 6.54 Å². The van der Waals surface area contributed by atoms with E-state index in [1.807, 2.05) is 18.2 Å². The molecule has 0 atom stereocenters. The molecule has 0 spiro atoms. The van der Waals surface area contributed by atoms with E-state index < -0.39 is 0 Å². The molecule has 0 fully saturated rings. The molecule has 15 heavy (non-hydrogen) atoms. The lowest BCUT2D eigenvalue weighted by Gasteiger charge is -2.06. The molecule has 0 saturated heterocycles. The molecule has 0 radical (unpaired) electrons. The van der Waals surface area contributed by atoms with Gasteiger partial charge in [-0.15, -0.1) is 12.3 Å². The maximum absolute atomic E-state index is 5.98. The standard InChI is InChI=1S/C12H14ClNO/c1-3-4-7-14-9-10-5-6-12(15-2)11(13)8-10/h1,5-6,8,14H,4,7,9H2,2H3. The van der Waals surface area contributed by atoms with Crippen LogP contribution in [0.4, 0.5) is 0 Å². The number of nitrogens with one attached hydrogen (secondary N) is 1. The van der Waals surface area contributed by atoms with Gasteiger partial charge in [-0.25, -0.2) is 0 Å². The van der Waals surface area contributed by atoms with Crippen molar-refractivity contribution in [2.24, 2.45) is 0 Å². The molecule has 2 nitrogen and oxygen atoms in total. The van der Waals surface area contributed by atoms with Gasteiger partial charge in [0.15, 0.2) is 0 Å². The maximum Gasteiger partial charge on any atom is 0.137 e. The molecule has 0 amide bonds. The lowest BCUT2D eigenvalue weighted by Crippen LogP contribution is -2.14. The minimum absolute atomic E-state index is 0.633. The Hall–Kier alpha value is -1.17. The third-order valence-electron chi connectivity index (χ3n) is 1.99. The second kappa shape index (κ2) is 6.34. The summed E-state index contributed by atoms with van der Waals surface area (Å²) < 4.78 is 5.06. The van der Waals surface area contributed by atoms with Crippen molar-refractivity contribution in [1.29, 1.82) is 0 Å². The fraction of sp³-hybridized carbons (Fsp3) is 0.333. The van der Waals surface area contributed by atoms with Crippen LogP contribution in [0.3, 0.4) is 0 Å². The van der Waals surface area contributed by atoms with Gasteiger partial charge in [0.2, 0.25) is 0 Å². The first-order valence-corrected chi connectivity index (χ1v) is 5.12. The van der Waals surface area contributed by atoms with E-state index in [2.05, 4.69) is 11.2 Å². The van der Waals surface area contributed by atoms with Crippen molar-refractivity contribution < 1.29 is 4.74 Å². The van der Waals surface area contributed by atoms with Gasteiger partial charge in [0, 0.05) is 19.5 Å². The van der Waals surface area contributed by atoms with Gasteiger partial charge >= 0.3 is 0 Å². The largest absolute Gasteiger partial charge is 0.495 e. The molecule has 0 bridgehead atoms. The van der Waals surface area contributed by atoms with E-state index in [1.165, 1.54) is 0 Å². The molecule has 0 aromatic heterocycles. The van der Waals surface area contributed by atoms with Crippen molar-refractivity contribution in [3.8, 4) is 18.1 Å². The normalized spacial score (nSPS) is 9.67. The Morgan fingerprint density at radius 2 is 2.33 bits per heavy atom. The Balaban J connectivity index is 2.49. The number of benzene rings is 1. The highest BCUT2D eigenvalue weighted by atomic mass is 35.5. The highest BCUT2D eigenvalue weighted by Gasteiger charge is 2.00. The minimum atomic E-state index is 0.633. The van der Waals surface area contributed by atoms with Crippen LogP contribution >= 0.6 is 11.6 Å². The first-order valence-electron chi connectivity index (χ1n) is 4.74. The van der Waals surface area contributed by atoms with Gasteiger partial charge in [-0.2, -0.15) is 0 Å². The molecule has 0 aliphatic rings. The lowest BCUT2D eigenvalue weighted by molar-refractivity contribution is 0.415. The van der Waals surface area contributed by atoms with Crippen molar-refractivity contribution in [2.45, 2.75) is 13.0 Å². The van der Waals surface area contributed by atoms with Crippen molar-refractivity contribution in [3.63, 3.8) is 0 Å². The van der Waals surface area contributed by atoms with Gasteiger partial charge in [-0.05, 0) is 17.7 Å². The van der Waals surface area contributed by atoms with Gasteiger partial charge in [0.1, 0.15) is 5.75 Å². The predicted octanol–water partition coefficient (Wildman–Crippen LogP) is 2.46. The molecule has 1 N–H and O–H groups in total. The predicted molar refractivity (Wildman–Crippen MR) is 63.2 cm³/mol. The van der Waals surface area contributed by atoms with E-state index in [4.69, 9.17) is 22.8 Å². The molecule has 3 heteroatoms. The number of rotatable bonds is 5. The molecule has 1 aromatic rings. The number of hydrogen-bond acceptors (Lipinski definition) is 2. The minimum Gasteiger partial charge on any atom is -0.495 e. The highest BCUT2D eigenvalue weighted by Crippen LogP contribution is 2.24. The Morgan fingerprint density at radius 1 is 1.53 bits per heavy atom. The quantitative estimate of drug-likeness (QED) is 0.612. The average molecular weight is 224 g/mol. The van der Waals surface area contributed by atoms with E-state index in [0.29, 0.717) is 10.8 Å². The van der Waals surface area contributed by atoms with Crippen LogP contribution in [0.1, 0.15) is 12.0 Å². The number of halogens is 1. The van der Waals surface area contributed by atoms with Gasteiger partial charge in [0.05, 0.1) is 12.1 Å². The maximum atomic E-state index is 5.98. The van der Waals surface area contributed by atoms with Gasteiger partial charge < -0.3 is 10.1 Å². The fourth-order valence-corrected chi connectivity index (χ4v) is 1.49. The Morgan fingerprint density at radius 3 is 2.93 bits per heavy atom. The molecule has 0 saturated carbocycles. The van der Waals surface area contributed by atoms with Gasteiger partial charge in [-0.3, -0.25) is 0 Å². The SMILES string of the molecule is C#CCCNCc1ccc(OC)c(Cl)c1. The molecule has 80 valence electrons. The number of methoxy groups -OCH3 is 1. The van der Waals surface area contributed by atoms with Crippen LogP contribution in [0.25, 0.3) is 0 Å². The van der Waals surface area contributed by atoms with Crippen molar-refractivity contribution in [2.75, 3.05) is 13.7 Å².